The molecule has 0 aliphatic heterocycles. The lowest BCUT2D eigenvalue weighted by molar-refractivity contribution is -0.140. The van der Waals surface area contributed by atoms with Crippen molar-refractivity contribution in [2.75, 3.05) is 17.1 Å². The first-order chi connectivity index (χ1) is 18.7. The fourth-order valence-corrected chi connectivity index (χ4v) is 5.78. The third-order valence-electron chi connectivity index (χ3n) is 6.23. The molecule has 10 heteroatoms. The third-order valence-corrected chi connectivity index (χ3v) is 7.96. The number of nitrogens with one attached hydrogen (secondary N) is 1. The summed E-state index contributed by atoms with van der Waals surface area (Å²) in [5, 5.41) is 3.69. The number of sulfonamides is 1. The van der Waals surface area contributed by atoms with Gasteiger partial charge in [-0.1, -0.05) is 65.7 Å². The quantitative estimate of drug-likeness (QED) is 0.312. The number of halogens is 2. The van der Waals surface area contributed by atoms with Crippen LogP contribution in [-0.2, 0) is 32.6 Å². The van der Waals surface area contributed by atoms with E-state index in [0.717, 1.165) is 27.3 Å². The van der Waals surface area contributed by atoms with E-state index in [1.54, 1.807) is 30.3 Å². The molecule has 2 amide bonds. The Morgan fingerprint density at radius 3 is 2.10 bits per heavy atom. The molecule has 0 aromatic heterocycles. The highest BCUT2D eigenvalue weighted by Gasteiger charge is 2.33. The second kappa shape index (κ2) is 13.5. The fraction of sp³-hybridized carbons (Fsp3) is 0.333. The van der Waals surface area contributed by atoms with Crippen LogP contribution in [0.5, 0.6) is 0 Å². The van der Waals surface area contributed by atoms with Crippen LogP contribution in [0.25, 0.3) is 0 Å². The normalized spacial score (nSPS) is 12.2. The average Bonchev–Trinajstić information content (AvgIpc) is 2.84. The topological polar surface area (TPSA) is 86.8 Å². The van der Waals surface area contributed by atoms with E-state index < -0.39 is 28.5 Å². The van der Waals surface area contributed by atoms with Gasteiger partial charge < -0.3 is 10.2 Å². The molecule has 1 atom stereocenters. The summed E-state index contributed by atoms with van der Waals surface area (Å²) in [4.78, 5) is 29.1. The Bertz CT molecular complexity index is 1440. The van der Waals surface area contributed by atoms with Crippen molar-refractivity contribution in [2.24, 2.45) is 0 Å². The molecule has 1 N–H and O–H groups in total. The van der Waals surface area contributed by atoms with Crippen LogP contribution in [0.15, 0.2) is 66.7 Å². The Morgan fingerprint density at radius 1 is 0.925 bits per heavy atom. The maximum atomic E-state index is 14.1. The first-order valence-electron chi connectivity index (χ1n) is 12.9. The molecule has 0 unspecified atom stereocenters. The van der Waals surface area contributed by atoms with Crippen LogP contribution in [0.2, 0.25) is 10.0 Å². The van der Waals surface area contributed by atoms with E-state index in [-0.39, 0.29) is 24.9 Å². The molecular formula is C30H35Cl2N3O4S. The van der Waals surface area contributed by atoms with Crippen molar-refractivity contribution in [1.29, 1.82) is 0 Å². The maximum absolute atomic E-state index is 14.1. The summed E-state index contributed by atoms with van der Waals surface area (Å²) >= 11 is 12.6. The first-order valence-corrected chi connectivity index (χ1v) is 15.5. The van der Waals surface area contributed by atoms with Crippen molar-refractivity contribution < 1.29 is 18.0 Å². The number of aryl methyl sites for hydroxylation is 2. The van der Waals surface area contributed by atoms with Gasteiger partial charge in [-0.3, -0.25) is 13.9 Å². The lowest BCUT2D eigenvalue weighted by Gasteiger charge is -2.34. The molecule has 0 heterocycles. The lowest BCUT2D eigenvalue weighted by atomic mass is 10.0. The third kappa shape index (κ3) is 8.71. The molecule has 3 aromatic rings. The van der Waals surface area contributed by atoms with E-state index in [1.165, 1.54) is 4.90 Å². The standard InChI is InChI=1S/C30H35Cl2N3O4S/c1-20(2)33-30(37)28(16-23-9-7-6-8-10-23)34(18-24-11-12-25(31)17-27(24)32)29(36)19-35(40(5,38)39)26-14-21(3)13-22(4)15-26/h6-15,17,20,28H,16,18-19H2,1-5H3,(H,33,37)/t28-/m1/s1. The smallest absolute Gasteiger partial charge is 0.244 e. The van der Waals surface area contributed by atoms with Gasteiger partial charge in [0, 0.05) is 29.1 Å². The van der Waals surface area contributed by atoms with Gasteiger partial charge in [0.1, 0.15) is 12.6 Å². The Kier molecular flexibility index (Phi) is 10.6. The number of carbonyl (C=O) groups is 2. The molecule has 0 radical (unpaired) electrons. The summed E-state index contributed by atoms with van der Waals surface area (Å²) in [6.45, 7) is 6.88. The van der Waals surface area contributed by atoms with Crippen LogP contribution in [-0.4, -0.2) is 50.0 Å². The number of benzene rings is 3. The van der Waals surface area contributed by atoms with Gasteiger partial charge in [-0.2, -0.15) is 0 Å². The summed E-state index contributed by atoms with van der Waals surface area (Å²) in [5.41, 5.74) is 3.52. The minimum absolute atomic E-state index is 0.0255. The van der Waals surface area contributed by atoms with Gasteiger partial charge in [0.2, 0.25) is 21.8 Å². The number of amides is 2. The van der Waals surface area contributed by atoms with Gasteiger partial charge in [0.15, 0.2) is 0 Å². The molecule has 40 heavy (non-hydrogen) atoms. The molecule has 0 saturated heterocycles. The zero-order valence-electron chi connectivity index (χ0n) is 23.3. The SMILES string of the molecule is Cc1cc(C)cc(N(CC(=O)N(Cc2ccc(Cl)cc2Cl)[C@H](Cc2ccccc2)C(=O)NC(C)C)S(C)(=O)=O)c1. The van der Waals surface area contributed by atoms with E-state index in [2.05, 4.69) is 5.32 Å². The van der Waals surface area contributed by atoms with Crippen LogP contribution < -0.4 is 9.62 Å². The van der Waals surface area contributed by atoms with Crippen molar-refractivity contribution >= 4 is 50.7 Å². The van der Waals surface area contributed by atoms with Crippen LogP contribution in [0.3, 0.4) is 0 Å². The van der Waals surface area contributed by atoms with E-state index in [9.17, 15) is 18.0 Å². The fourth-order valence-electron chi connectivity index (χ4n) is 4.48. The molecule has 3 rings (SSSR count). The summed E-state index contributed by atoms with van der Waals surface area (Å²) < 4.78 is 27.0. The van der Waals surface area contributed by atoms with E-state index in [1.807, 2.05) is 64.1 Å². The number of anilines is 1. The highest BCUT2D eigenvalue weighted by atomic mass is 35.5. The van der Waals surface area contributed by atoms with Gasteiger partial charge in [-0.05, 0) is 74.2 Å². The van der Waals surface area contributed by atoms with Crippen molar-refractivity contribution in [2.45, 2.75) is 52.7 Å². The van der Waals surface area contributed by atoms with Gasteiger partial charge >= 0.3 is 0 Å². The van der Waals surface area contributed by atoms with Gasteiger partial charge in [-0.25, -0.2) is 8.42 Å². The second-order valence-electron chi connectivity index (χ2n) is 10.2. The second-order valence-corrected chi connectivity index (χ2v) is 13.0. The molecular weight excluding hydrogens is 569 g/mol. The van der Waals surface area contributed by atoms with Crippen LogP contribution in [0.4, 0.5) is 5.69 Å². The monoisotopic (exact) mass is 603 g/mol. The minimum atomic E-state index is -3.85. The summed E-state index contributed by atoms with van der Waals surface area (Å²) in [6, 6.07) is 18.5. The van der Waals surface area contributed by atoms with Crippen molar-refractivity contribution in [3.05, 3.63) is 99.0 Å². The molecule has 0 spiro atoms. The molecule has 7 nitrogen and oxygen atoms in total. The van der Waals surface area contributed by atoms with Crippen LogP contribution >= 0.6 is 23.2 Å². The number of carbonyl (C=O) groups excluding carboxylic acids is 2. The Hall–Kier alpha value is -3.07. The van der Waals surface area contributed by atoms with Crippen LogP contribution in [0, 0.1) is 13.8 Å². The summed E-state index contributed by atoms with van der Waals surface area (Å²) in [6.07, 6.45) is 1.28. The highest BCUT2D eigenvalue weighted by molar-refractivity contribution is 7.92. The van der Waals surface area contributed by atoms with E-state index in [0.29, 0.717) is 21.3 Å². The number of hydrogen-bond donors (Lipinski definition) is 1. The Morgan fingerprint density at radius 2 is 1.55 bits per heavy atom. The van der Waals surface area contributed by atoms with Crippen molar-refractivity contribution in [3.63, 3.8) is 0 Å². The van der Waals surface area contributed by atoms with Crippen LogP contribution in [0.1, 0.15) is 36.1 Å². The largest absolute Gasteiger partial charge is 0.352 e. The highest BCUT2D eigenvalue weighted by Crippen LogP contribution is 2.26. The molecule has 0 aliphatic rings. The lowest BCUT2D eigenvalue weighted by Crippen LogP contribution is -2.54. The van der Waals surface area contributed by atoms with E-state index >= 15 is 0 Å². The molecule has 0 fully saturated rings. The predicted octanol–water partition coefficient (Wildman–Crippen LogP) is 5.54. The zero-order valence-corrected chi connectivity index (χ0v) is 25.6. The Balaban J connectivity index is 2.10. The maximum Gasteiger partial charge on any atom is 0.244 e. The number of hydrogen-bond acceptors (Lipinski definition) is 4. The molecule has 0 aliphatic carbocycles. The number of rotatable bonds is 11. The molecule has 0 saturated carbocycles. The molecule has 0 bridgehead atoms. The molecule has 214 valence electrons. The average molecular weight is 605 g/mol. The summed E-state index contributed by atoms with van der Waals surface area (Å²) in [7, 11) is -3.85. The van der Waals surface area contributed by atoms with E-state index in [4.69, 9.17) is 23.2 Å². The van der Waals surface area contributed by atoms with Gasteiger partial charge in [0.25, 0.3) is 0 Å². The molecule has 3 aromatic carbocycles. The zero-order chi connectivity index (χ0) is 29.6. The first kappa shape index (κ1) is 31.5. The van der Waals surface area contributed by atoms with Crippen molar-refractivity contribution in [1.82, 2.24) is 10.2 Å². The summed E-state index contributed by atoms with van der Waals surface area (Å²) in [5.74, 6) is -0.898. The van der Waals surface area contributed by atoms with Gasteiger partial charge in [0.05, 0.1) is 11.9 Å². The Labute approximate surface area is 247 Å². The number of nitrogens with zero attached hydrogens (tertiary/aromatic N) is 2. The van der Waals surface area contributed by atoms with Crippen molar-refractivity contribution in [3.8, 4) is 0 Å². The minimum Gasteiger partial charge on any atom is -0.352 e. The predicted molar refractivity (Wildman–Crippen MR) is 162 cm³/mol. The van der Waals surface area contributed by atoms with Gasteiger partial charge in [-0.15, -0.1) is 0 Å².